The van der Waals surface area contributed by atoms with Gasteiger partial charge in [0, 0.05) is 17.7 Å². The summed E-state index contributed by atoms with van der Waals surface area (Å²) in [5, 5.41) is 0. The summed E-state index contributed by atoms with van der Waals surface area (Å²) in [5.74, 6) is 1.40. The first kappa shape index (κ1) is 13.4. The topological polar surface area (TPSA) is 59.9 Å². The van der Waals surface area contributed by atoms with Crippen LogP contribution in [0.25, 0.3) is 0 Å². The molecule has 0 atom stereocenters. The Morgan fingerprint density at radius 2 is 2.10 bits per heavy atom. The molecule has 0 amide bonds. The average Bonchev–Trinajstić information content (AvgIpc) is 2.64. The Morgan fingerprint density at radius 3 is 2.81 bits per heavy atom. The lowest BCUT2D eigenvalue weighted by Crippen LogP contribution is -2.16. The lowest BCUT2D eigenvalue weighted by molar-refractivity contribution is -0.462. The molecule has 21 heavy (non-hydrogen) atoms. The molecule has 0 saturated heterocycles. The van der Waals surface area contributed by atoms with E-state index in [4.69, 9.17) is 15.2 Å². The van der Waals surface area contributed by atoms with Gasteiger partial charge in [-0.1, -0.05) is 0 Å². The van der Waals surface area contributed by atoms with Crippen molar-refractivity contribution in [2.45, 2.75) is 6.61 Å². The fourth-order valence-corrected chi connectivity index (χ4v) is 2.30. The number of methoxy groups -OCH3 is 1. The van der Waals surface area contributed by atoms with Crippen LogP contribution in [0.1, 0.15) is 5.56 Å². The van der Waals surface area contributed by atoms with Gasteiger partial charge in [-0.3, -0.25) is 0 Å². The fourth-order valence-electron chi connectivity index (χ4n) is 2.30. The summed E-state index contributed by atoms with van der Waals surface area (Å²) in [6.07, 6.45) is 5.97. The predicted molar refractivity (Wildman–Crippen MR) is 83.6 cm³/mol. The summed E-state index contributed by atoms with van der Waals surface area (Å²) < 4.78 is 13.2. The lowest BCUT2D eigenvalue weighted by Gasteiger charge is -2.10. The third-order valence-corrected chi connectivity index (χ3v) is 3.51. The molecule has 5 nitrogen and oxygen atoms in total. The summed E-state index contributed by atoms with van der Waals surface area (Å²) in [5.41, 5.74) is 10.2. The van der Waals surface area contributed by atoms with Crippen molar-refractivity contribution >= 4 is 22.8 Å². The van der Waals surface area contributed by atoms with Gasteiger partial charge < -0.3 is 15.2 Å². The van der Waals surface area contributed by atoms with Gasteiger partial charge in [0.15, 0.2) is 5.76 Å². The van der Waals surface area contributed by atoms with E-state index in [0.29, 0.717) is 18.0 Å². The molecule has 2 aliphatic rings. The highest BCUT2D eigenvalue weighted by Gasteiger charge is 2.21. The molecule has 0 spiro atoms. The molecule has 5 heteroatoms. The van der Waals surface area contributed by atoms with Gasteiger partial charge in [0.1, 0.15) is 32.2 Å². The molecule has 1 aliphatic carbocycles. The van der Waals surface area contributed by atoms with Crippen molar-refractivity contribution in [1.82, 2.24) is 0 Å². The number of aliphatic imine (C=N–C) groups is 1. The van der Waals surface area contributed by atoms with E-state index in [1.807, 2.05) is 49.0 Å². The quantitative estimate of drug-likeness (QED) is 0.488. The van der Waals surface area contributed by atoms with Gasteiger partial charge in [-0.15, -0.1) is 0 Å². The van der Waals surface area contributed by atoms with E-state index in [1.165, 1.54) is 0 Å². The average molecular weight is 284 g/mol. The molecule has 0 radical (unpaired) electrons. The summed E-state index contributed by atoms with van der Waals surface area (Å²) in [6, 6.07) is 3.71. The zero-order valence-electron chi connectivity index (χ0n) is 12.4. The van der Waals surface area contributed by atoms with Gasteiger partial charge in [-0.05, 0) is 12.1 Å². The Hall–Kier alpha value is -2.56. The number of hydrogen-bond acceptors (Lipinski definition) is 4. The van der Waals surface area contributed by atoms with Gasteiger partial charge in [0.05, 0.1) is 24.6 Å². The normalized spacial score (nSPS) is 16.0. The largest absolute Gasteiger partial charge is 0.495 e. The van der Waals surface area contributed by atoms with Crippen LogP contribution in [-0.4, -0.2) is 37.2 Å². The molecule has 0 saturated carbocycles. The minimum Gasteiger partial charge on any atom is -0.495 e. The molecule has 0 aromatic heterocycles. The molecule has 1 aliphatic heterocycles. The second-order valence-corrected chi connectivity index (χ2v) is 5.17. The zero-order valence-corrected chi connectivity index (χ0v) is 12.4. The van der Waals surface area contributed by atoms with Crippen molar-refractivity contribution in [2.75, 3.05) is 26.9 Å². The summed E-state index contributed by atoms with van der Waals surface area (Å²) in [6.45, 7) is 0.441. The van der Waals surface area contributed by atoms with Crippen molar-refractivity contribution < 1.29 is 14.0 Å². The van der Waals surface area contributed by atoms with E-state index in [1.54, 1.807) is 7.11 Å². The molecule has 0 fully saturated rings. The Bertz CT molecular complexity index is 723. The van der Waals surface area contributed by atoms with Crippen LogP contribution in [0.5, 0.6) is 5.75 Å². The lowest BCUT2D eigenvalue weighted by atomic mass is 10.1. The van der Waals surface area contributed by atoms with E-state index < -0.39 is 0 Å². The van der Waals surface area contributed by atoms with Crippen LogP contribution >= 0.6 is 0 Å². The molecule has 0 bridgehead atoms. The molecule has 2 N–H and O–H groups in total. The number of rotatable bonds is 1. The molecule has 1 aromatic rings. The number of allylic oxidation sites excluding steroid dienone is 3. The SMILES string of the molecule is COc1cc2c(cc1N)COC1=CC(=[N+](C)C)C=CC1=N2. The molecular weight excluding hydrogens is 266 g/mol. The maximum Gasteiger partial charge on any atom is 0.203 e. The highest BCUT2D eigenvalue weighted by molar-refractivity contribution is 6.19. The number of benzene rings is 1. The third kappa shape index (κ3) is 2.42. The highest BCUT2D eigenvalue weighted by Crippen LogP contribution is 2.34. The fraction of sp³-hybridized carbons (Fsp3) is 0.250. The van der Waals surface area contributed by atoms with Gasteiger partial charge in [0.2, 0.25) is 5.71 Å². The maximum absolute atomic E-state index is 5.95. The minimum atomic E-state index is 0.441. The first-order valence-corrected chi connectivity index (χ1v) is 6.71. The van der Waals surface area contributed by atoms with E-state index in [-0.39, 0.29) is 0 Å². The molecule has 1 heterocycles. The Balaban J connectivity index is 2.08. The third-order valence-electron chi connectivity index (χ3n) is 3.51. The van der Waals surface area contributed by atoms with Crippen molar-refractivity contribution in [3.63, 3.8) is 0 Å². The van der Waals surface area contributed by atoms with Gasteiger partial charge in [0.25, 0.3) is 0 Å². The van der Waals surface area contributed by atoms with Crippen molar-refractivity contribution in [2.24, 2.45) is 4.99 Å². The smallest absolute Gasteiger partial charge is 0.203 e. The van der Waals surface area contributed by atoms with E-state index in [9.17, 15) is 0 Å². The summed E-state index contributed by atoms with van der Waals surface area (Å²) >= 11 is 0. The second-order valence-electron chi connectivity index (χ2n) is 5.17. The standard InChI is InChI=1S/C16H17N3O2/c1-19(2)11-4-5-13-16(7-11)21-9-10-6-12(17)15(20-3)8-14(10)18-13/h4-8,17H,9H2,1-3H3/p+1. The van der Waals surface area contributed by atoms with Crippen molar-refractivity contribution in [3.05, 3.63) is 41.7 Å². The van der Waals surface area contributed by atoms with Crippen LogP contribution in [-0.2, 0) is 11.3 Å². The number of nitrogen functional groups attached to an aromatic ring is 1. The zero-order chi connectivity index (χ0) is 15.0. The molecule has 3 rings (SSSR count). The van der Waals surface area contributed by atoms with Gasteiger partial charge >= 0.3 is 0 Å². The van der Waals surface area contributed by atoms with E-state index in [0.717, 1.165) is 28.4 Å². The number of fused-ring (bicyclic) bond motifs is 2. The monoisotopic (exact) mass is 284 g/mol. The number of nitrogens with two attached hydrogens (primary N) is 1. The summed E-state index contributed by atoms with van der Waals surface area (Å²) in [4.78, 5) is 4.67. The van der Waals surface area contributed by atoms with Gasteiger partial charge in [-0.25, -0.2) is 9.57 Å². The Labute approximate surface area is 123 Å². The number of nitrogens with zero attached hydrogens (tertiary/aromatic N) is 2. The van der Waals surface area contributed by atoms with Crippen molar-refractivity contribution in [1.29, 1.82) is 0 Å². The molecule has 108 valence electrons. The van der Waals surface area contributed by atoms with Crippen LogP contribution < -0.4 is 10.5 Å². The summed E-state index contributed by atoms with van der Waals surface area (Å²) in [7, 11) is 5.59. The minimum absolute atomic E-state index is 0.441. The second kappa shape index (κ2) is 5.09. The van der Waals surface area contributed by atoms with Crippen LogP contribution in [0.15, 0.2) is 41.1 Å². The van der Waals surface area contributed by atoms with Crippen LogP contribution in [0, 0.1) is 0 Å². The Morgan fingerprint density at radius 1 is 1.29 bits per heavy atom. The van der Waals surface area contributed by atoms with Crippen LogP contribution in [0.3, 0.4) is 0 Å². The van der Waals surface area contributed by atoms with E-state index >= 15 is 0 Å². The van der Waals surface area contributed by atoms with Crippen molar-refractivity contribution in [3.8, 4) is 5.75 Å². The molecule has 0 unspecified atom stereocenters. The van der Waals surface area contributed by atoms with Crippen LogP contribution in [0.4, 0.5) is 11.4 Å². The predicted octanol–water partition coefficient (Wildman–Crippen LogP) is 2.05. The number of ether oxygens (including phenoxy) is 2. The number of anilines is 1. The first-order chi connectivity index (χ1) is 10.1. The highest BCUT2D eigenvalue weighted by atomic mass is 16.5. The van der Waals surface area contributed by atoms with Gasteiger partial charge in [-0.2, -0.15) is 0 Å². The Kier molecular flexibility index (Phi) is 3.25. The molecule has 1 aromatic carbocycles. The molecular formula is C16H18N3O2+. The number of hydrogen-bond donors (Lipinski definition) is 1. The maximum atomic E-state index is 5.95. The van der Waals surface area contributed by atoms with E-state index in [2.05, 4.69) is 4.99 Å². The first-order valence-electron chi connectivity index (χ1n) is 6.71. The van der Waals surface area contributed by atoms with Crippen LogP contribution in [0.2, 0.25) is 0 Å².